The first-order chi connectivity index (χ1) is 9.85. The van der Waals surface area contributed by atoms with E-state index in [1.807, 2.05) is 0 Å². The Hall–Kier alpha value is -0.430. The second kappa shape index (κ2) is 6.77. The topological polar surface area (TPSA) is 84.7 Å². The van der Waals surface area contributed by atoms with Crippen molar-refractivity contribution in [2.45, 2.75) is 44.5 Å². The molecule has 4 atom stereocenters. The number of aliphatic hydroxyl groups is 1. The van der Waals surface area contributed by atoms with Crippen LogP contribution < -0.4 is 11.6 Å². The van der Waals surface area contributed by atoms with Gasteiger partial charge in [0.25, 0.3) is 0 Å². The van der Waals surface area contributed by atoms with Crippen molar-refractivity contribution in [1.82, 2.24) is 5.01 Å². The predicted octanol–water partition coefficient (Wildman–Crippen LogP) is 1.44. The van der Waals surface area contributed by atoms with Crippen molar-refractivity contribution >= 4 is 12.6 Å². The van der Waals surface area contributed by atoms with Gasteiger partial charge < -0.3 is 20.6 Å². The third-order valence-electron chi connectivity index (χ3n) is 4.98. The summed E-state index contributed by atoms with van der Waals surface area (Å²) >= 11 is 4.22. The van der Waals surface area contributed by atoms with Crippen LogP contribution in [0, 0.1) is 17.8 Å². The summed E-state index contributed by atoms with van der Waals surface area (Å²) in [6, 6.07) is 0. The molecule has 2 aliphatic rings. The summed E-state index contributed by atoms with van der Waals surface area (Å²) in [5.74, 6) is 8.72. The molecule has 0 spiro atoms. The second-order valence-corrected chi connectivity index (χ2v) is 7.56. The molecule has 0 amide bonds. The third-order valence-corrected chi connectivity index (χ3v) is 5.25. The van der Waals surface area contributed by atoms with Crippen LogP contribution in [0.2, 0.25) is 0 Å². The highest BCUT2D eigenvalue weighted by Crippen LogP contribution is 2.53. The average Bonchev–Trinajstić information content (AvgIpc) is 3.02. The van der Waals surface area contributed by atoms with Crippen LogP contribution in [0.1, 0.15) is 39.5 Å². The van der Waals surface area contributed by atoms with E-state index in [9.17, 15) is 0 Å². The lowest BCUT2D eigenvalue weighted by Crippen LogP contribution is -2.38. The minimum Gasteiger partial charge on any atom is -0.401 e. The molecule has 2 rings (SSSR count). The van der Waals surface area contributed by atoms with E-state index < -0.39 is 4.93 Å². The Kier molecular flexibility index (Phi) is 5.46. The lowest BCUT2D eigenvalue weighted by molar-refractivity contribution is -0.00612. The lowest BCUT2D eigenvalue weighted by atomic mass is 10.0. The van der Waals surface area contributed by atoms with E-state index in [4.69, 9.17) is 21.4 Å². The van der Waals surface area contributed by atoms with E-state index in [2.05, 4.69) is 19.6 Å². The van der Waals surface area contributed by atoms with Crippen molar-refractivity contribution < 1.29 is 9.84 Å². The van der Waals surface area contributed by atoms with Crippen LogP contribution >= 0.6 is 12.6 Å². The summed E-state index contributed by atoms with van der Waals surface area (Å²) < 4.78 is 5.51. The lowest BCUT2D eigenvalue weighted by Gasteiger charge is -2.28. The molecule has 0 aromatic heterocycles. The molecule has 0 aromatic carbocycles. The van der Waals surface area contributed by atoms with Gasteiger partial charge in [0.15, 0.2) is 0 Å². The fourth-order valence-electron chi connectivity index (χ4n) is 3.39. The van der Waals surface area contributed by atoms with E-state index in [0.717, 1.165) is 42.0 Å². The first-order valence-corrected chi connectivity index (χ1v) is 8.27. The fourth-order valence-corrected chi connectivity index (χ4v) is 3.48. The van der Waals surface area contributed by atoms with Crippen LogP contribution in [0.3, 0.4) is 0 Å². The van der Waals surface area contributed by atoms with Gasteiger partial charge in [-0.1, -0.05) is 6.92 Å². The normalized spacial score (nSPS) is 35.4. The Labute approximate surface area is 133 Å². The van der Waals surface area contributed by atoms with Crippen LogP contribution in [0.4, 0.5) is 0 Å². The zero-order valence-electron chi connectivity index (χ0n) is 13.1. The number of thiol groups is 1. The first-order valence-electron chi connectivity index (χ1n) is 7.82. The van der Waals surface area contributed by atoms with E-state index in [1.165, 1.54) is 12.8 Å². The Bertz CT molecular complexity index is 400. The van der Waals surface area contributed by atoms with E-state index in [1.54, 1.807) is 11.9 Å². The molecule has 0 bridgehead atoms. The largest absolute Gasteiger partial charge is 0.401 e. The maximum Gasteiger partial charge on any atom is 0.131 e. The molecule has 4 unspecified atom stereocenters. The number of rotatable bonds is 6. The molecule has 0 heterocycles. The maximum atomic E-state index is 9.10. The van der Waals surface area contributed by atoms with Crippen molar-refractivity contribution in [2.24, 2.45) is 29.3 Å². The number of ether oxygens (including phenoxy) is 1. The number of hydrogen-bond acceptors (Lipinski definition) is 6. The Morgan fingerprint density at radius 2 is 2.00 bits per heavy atom. The number of aliphatic hydroxyl groups excluding tert-OH is 1. The molecular weight excluding hydrogens is 286 g/mol. The fraction of sp³-hybridized carbons (Fsp3) is 0.867. The number of nitrogens with zero attached hydrogens (tertiary/aromatic N) is 1. The van der Waals surface area contributed by atoms with E-state index in [0.29, 0.717) is 13.2 Å². The van der Waals surface area contributed by atoms with Gasteiger partial charge in [-0.15, -0.1) is 12.6 Å². The van der Waals surface area contributed by atoms with Crippen LogP contribution in [0.25, 0.3) is 0 Å². The first kappa shape index (κ1) is 16.9. The molecular formula is C15H29N3O2S. The number of fused-ring (bicyclic) bond motifs is 1. The molecule has 5 nitrogen and oxygen atoms in total. The van der Waals surface area contributed by atoms with Crippen molar-refractivity contribution in [3.05, 3.63) is 11.4 Å². The standard InChI is InChI=1S/C15H29N3O2S/c1-10-11-3-5-13(16)14(6-4-12(10)11)18(17)7-8-20-15(2,21)9-19/h10-12,19,21H,3-9,16-17H2,1-2H3/b14-13-. The van der Waals surface area contributed by atoms with Crippen molar-refractivity contribution in [1.29, 1.82) is 0 Å². The zero-order valence-corrected chi connectivity index (χ0v) is 14.0. The summed E-state index contributed by atoms with van der Waals surface area (Å²) in [5, 5.41) is 10.8. The minimum absolute atomic E-state index is 0.132. The monoisotopic (exact) mass is 315 g/mol. The molecule has 6 heteroatoms. The van der Waals surface area contributed by atoms with E-state index in [-0.39, 0.29) is 6.61 Å². The highest BCUT2D eigenvalue weighted by molar-refractivity contribution is 7.81. The van der Waals surface area contributed by atoms with Crippen LogP contribution in [-0.2, 0) is 4.74 Å². The number of allylic oxidation sites excluding steroid dienone is 2. The van der Waals surface area contributed by atoms with Crippen molar-refractivity contribution in [3.8, 4) is 0 Å². The summed E-state index contributed by atoms with van der Waals surface area (Å²) in [4.78, 5) is -0.821. The van der Waals surface area contributed by atoms with E-state index >= 15 is 0 Å². The van der Waals surface area contributed by atoms with Crippen LogP contribution in [0.15, 0.2) is 11.4 Å². The Balaban J connectivity index is 1.85. The van der Waals surface area contributed by atoms with Gasteiger partial charge in [0.05, 0.1) is 19.8 Å². The highest BCUT2D eigenvalue weighted by Gasteiger charge is 2.46. The minimum atomic E-state index is -0.821. The average molecular weight is 315 g/mol. The molecule has 1 fully saturated rings. The number of hydrogen-bond donors (Lipinski definition) is 4. The molecule has 122 valence electrons. The maximum absolute atomic E-state index is 9.10. The van der Waals surface area contributed by atoms with Crippen molar-refractivity contribution in [2.75, 3.05) is 19.8 Å². The van der Waals surface area contributed by atoms with Gasteiger partial charge in [-0.2, -0.15) is 0 Å². The molecule has 2 aliphatic carbocycles. The summed E-state index contributed by atoms with van der Waals surface area (Å²) in [7, 11) is 0. The molecule has 5 N–H and O–H groups in total. The molecule has 1 saturated carbocycles. The molecule has 0 aliphatic heterocycles. The SMILES string of the molecule is CC1C2CC/C(N)=C(/N(N)CCOC(C)(S)CO)CCC12. The Morgan fingerprint density at radius 3 is 2.62 bits per heavy atom. The van der Waals surface area contributed by atoms with Gasteiger partial charge in [0, 0.05) is 11.4 Å². The molecule has 0 saturated heterocycles. The molecule has 0 radical (unpaired) electrons. The van der Waals surface area contributed by atoms with Gasteiger partial charge >= 0.3 is 0 Å². The summed E-state index contributed by atoms with van der Waals surface area (Å²) in [5.41, 5.74) is 8.20. The number of nitrogens with two attached hydrogens (primary N) is 2. The highest BCUT2D eigenvalue weighted by atomic mass is 32.1. The van der Waals surface area contributed by atoms with Gasteiger partial charge in [-0.25, -0.2) is 5.84 Å². The summed E-state index contributed by atoms with van der Waals surface area (Å²) in [6.45, 7) is 4.90. The molecule has 21 heavy (non-hydrogen) atoms. The Morgan fingerprint density at radius 1 is 1.38 bits per heavy atom. The second-order valence-electron chi connectivity index (χ2n) is 6.61. The van der Waals surface area contributed by atoms with Gasteiger partial charge in [0.2, 0.25) is 0 Å². The third kappa shape index (κ3) is 4.28. The predicted molar refractivity (Wildman–Crippen MR) is 87.1 cm³/mol. The van der Waals surface area contributed by atoms with Gasteiger partial charge in [-0.05, 0) is 50.4 Å². The van der Waals surface area contributed by atoms with Gasteiger partial charge in [-0.3, -0.25) is 0 Å². The smallest absolute Gasteiger partial charge is 0.131 e. The zero-order chi connectivity index (χ0) is 15.6. The molecule has 0 aromatic rings. The summed E-state index contributed by atoms with van der Waals surface area (Å²) in [6.07, 6.45) is 4.25. The quantitative estimate of drug-likeness (QED) is 0.258. The number of hydrazine groups is 1. The van der Waals surface area contributed by atoms with Gasteiger partial charge in [0.1, 0.15) is 4.93 Å². The van der Waals surface area contributed by atoms with Crippen LogP contribution in [-0.4, -0.2) is 34.8 Å². The van der Waals surface area contributed by atoms with Crippen molar-refractivity contribution in [3.63, 3.8) is 0 Å². The van der Waals surface area contributed by atoms with Crippen LogP contribution in [0.5, 0.6) is 0 Å².